The Morgan fingerprint density at radius 2 is 1.89 bits per heavy atom. The Morgan fingerprint density at radius 3 is 2.56 bits per heavy atom. The van der Waals surface area contributed by atoms with Gasteiger partial charge in [0.25, 0.3) is 0 Å². The zero-order valence-electron chi connectivity index (χ0n) is 10.3. The van der Waals surface area contributed by atoms with Crippen LogP contribution >= 0.6 is 0 Å². The number of nitrogens with zero attached hydrogens (tertiary/aromatic N) is 1. The van der Waals surface area contributed by atoms with Gasteiger partial charge >= 0.3 is 0 Å². The second-order valence-electron chi connectivity index (χ2n) is 4.15. The maximum absolute atomic E-state index is 9.29. The van der Waals surface area contributed by atoms with Crippen molar-refractivity contribution in [3.63, 3.8) is 0 Å². The van der Waals surface area contributed by atoms with Crippen LogP contribution in [0.4, 0.5) is 0 Å². The monoisotopic (exact) mass is 237 g/mol. The van der Waals surface area contributed by atoms with Crippen LogP contribution in [0, 0.1) is 11.3 Å². The molecule has 0 N–H and O–H groups in total. The number of ether oxygens (including phenoxy) is 1. The van der Waals surface area contributed by atoms with Crippen LogP contribution in [0.1, 0.15) is 17.0 Å². The molecule has 18 heavy (non-hydrogen) atoms. The number of hydrogen-bond donors (Lipinski definition) is 0. The summed E-state index contributed by atoms with van der Waals surface area (Å²) in [4.78, 5) is 0. The van der Waals surface area contributed by atoms with Gasteiger partial charge in [0.05, 0.1) is 19.1 Å². The van der Waals surface area contributed by atoms with Gasteiger partial charge in [-0.05, 0) is 29.7 Å². The summed E-state index contributed by atoms with van der Waals surface area (Å²) in [6.07, 6.45) is 0.706. The van der Waals surface area contributed by atoms with Crippen LogP contribution in [-0.4, -0.2) is 7.11 Å². The van der Waals surface area contributed by atoms with Gasteiger partial charge in [0, 0.05) is 0 Å². The third-order valence-corrected chi connectivity index (χ3v) is 2.93. The summed E-state index contributed by atoms with van der Waals surface area (Å²) in [7, 11) is 1.65. The zero-order valence-corrected chi connectivity index (χ0v) is 10.3. The molecule has 0 aliphatic heterocycles. The highest BCUT2D eigenvalue weighted by molar-refractivity contribution is 5.33. The van der Waals surface area contributed by atoms with E-state index in [2.05, 4.69) is 6.07 Å². The Balaban J connectivity index is 2.19. The number of methoxy groups -OCH3 is 1. The SMILES string of the molecule is COc1cccc(C[C@@H](C#N)c2ccccc2)c1. The standard InChI is InChI=1S/C16H15NO/c1-18-16-9-5-6-13(11-16)10-15(12-17)14-7-3-2-4-8-14/h2-9,11,15H,10H2,1H3/t15-/m0/s1. The lowest BCUT2D eigenvalue weighted by molar-refractivity contribution is 0.414. The summed E-state index contributed by atoms with van der Waals surface area (Å²) < 4.78 is 5.19. The molecule has 0 spiro atoms. The minimum Gasteiger partial charge on any atom is -0.497 e. The van der Waals surface area contributed by atoms with Crippen molar-refractivity contribution in [2.75, 3.05) is 7.11 Å². The smallest absolute Gasteiger partial charge is 0.119 e. The lowest BCUT2D eigenvalue weighted by Crippen LogP contribution is -2.00. The molecule has 0 fully saturated rings. The third-order valence-electron chi connectivity index (χ3n) is 2.93. The fourth-order valence-corrected chi connectivity index (χ4v) is 1.96. The van der Waals surface area contributed by atoms with E-state index in [4.69, 9.17) is 4.74 Å². The first-order valence-corrected chi connectivity index (χ1v) is 5.91. The fraction of sp³-hybridized carbons (Fsp3) is 0.188. The van der Waals surface area contributed by atoms with Crippen molar-refractivity contribution in [1.29, 1.82) is 5.26 Å². The summed E-state index contributed by atoms with van der Waals surface area (Å²) in [5, 5.41) is 9.29. The van der Waals surface area contributed by atoms with Crippen molar-refractivity contribution in [2.24, 2.45) is 0 Å². The molecular formula is C16H15NO. The number of rotatable bonds is 4. The lowest BCUT2D eigenvalue weighted by atomic mass is 9.93. The Labute approximate surface area is 107 Å². The van der Waals surface area contributed by atoms with E-state index in [0.29, 0.717) is 6.42 Å². The summed E-state index contributed by atoms with van der Waals surface area (Å²) in [6, 6.07) is 20.1. The van der Waals surface area contributed by atoms with E-state index in [9.17, 15) is 5.26 Å². The number of hydrogen-bond acceptors (Lipinski definition) is 2. The largest absolute Gasteiger partial charge is 0.497 e. The van der Waals surface area contributed by atoms with Crippen molar-refractivity contribution < 1.29 is 4.74 Å². The second kappa shape index (κ2) is 5.88. The van der Waals surface area contributed by atoms with Gasteiger partial charge in [0.1, 0.15) is 5.75 Å². The van der Waals surface area contributed by atoms with E-state index < -0.39 is 0 Å². The minimum atomic E-state index is -0.113. The van der Waals surface area contributed by atoms with Crippen molar-refractivity contribution in [3.05, 3.63) is 65.7 Å². The highest BCUT2D eigenvalue weighted by Crippen LogP contribution is 2.22. The average molecular weight is 237 g/mol. The van der Waals surface area contributed by atoms with Crippen molar-refractivity contribution >= 4 is 0 Å². The van der Waals surface area contributed by atoms with Crippen molar-refractivity contribution in [1.82, 2.24) is 0 Å². The Kier molecular flexibility index (Phi) is 3.98. The molecule has 0 unspecified atom stereocenters. The normalized spacial score (nSPS) is 11.6. The van der Waals surface area contributed by atoms with Gasteiger partial charge in [-0.2, -0.15) is 5.26 Å². The molecule has 0 bridgehead atoms. The molecule has 0 amide bonds. The van der Waals surface area contributed by atoms with Crippen LogP contribution in [0.25, 0.3) is 0 Å². The summed E-state index contributed by atoms with van der Waals surface area (Å²) in [5.74, 6) is 0.718. The van der Waals surface area contributed by atoms with E-state index in [1.54, 1.807) is 7.11 Å². The molecule has 2 aromatic carbocycles. The Bertz CT molecular complexity index is 543. The van der Waals surface area contributed by atoms with Crippen molar-refractivity contribution in [2.45, 2.75) is 12.3 Å². The molecule has 2 rings (SSSR count). The quantitative estimate of drug-likeness (QED) is 0.814. The minimum absolute atomic E-state index is 0.113. The van der Waals surface area contributed by atoms with Gasteiger partial charge in [0.2, 0.25) is 0 Å². The van der Waals surface area contributed by atoms with Crippen LogP contribution in [-0.2, 0) is 6.42 Å². The maximum atomic E-state index is 9.29. The number of nitriles is 1. The Morgan fingerprint density at radius 1 is 1.11 bits per heavy atom. The molecule has 0 aromatic heterocycles. The van der Waals surface area contributed by atoms with Gasteiger partial charge in [-0.1, -0.05) is 42.5 Å². The predicted octanol–water partition coefficient (Wildman–Crippen LogP) is 3.55. The maximum Gasteiger partial charge on any atom is 0.119 e. The van der Waals surface area contributed by atoms with E-state index in [0.717, 1.165) is 16.9 Å². The van der Waals surface area contributed by atoms with Crippen LogP contribution < -0.4 is 4.74 Å². The fourth-order valence-electron chi connectivity index (χ4n) is 1.96. The van der Waals surface area contributed by atoms with Gasteiger partial charge in [-0.3, -0.25) is 0 Å². The van der Waals surface area contributed by atoms with Crippen LogP contribution in [0.2, 0.25) is 0 Å². The molecular weight excluding hydrogens is 222 g/mol. The Hall–Kier alpha value is -2.27. The molecule has 0 aliphatic carbocycles. The molecule has 2 nitrogen and oxygen atoms in total. The molecule has 2 aromatic rings. The predicted molar refractivity (Wildman–Crippen MR) is 71.5 cm³/mol. The molecule has 0 aliphatic rings. The van der Waals surface area contributed by atoms with Gasteiger partial charge in [0.15, 0.2) is 0 Å². The summed E-state index contributed by atoms with van der Waals surface area (Å²) >= 11 is 0. The van der Waals surface area contributed by atoms with E-state index in [1.165, 1.54) is 0 Å². The van der Waals surface area contributed by atoms with Gasteiger partial charge < -0.3 is 4.74 Å². The molecule has 1 atom stereocenters. The van der Waals surface area contributed by atoms with Crippen LogP contribution in [0.3, 0.4) is 0 Å². The first-order chi connectivity index (χ1) is 8.83. The third kappa shape index (κ3) is 2.89. The first-order valence-electron chi connectivity index (χ1n) is 5.91. The highest BCUT2D eigenvalue weighted by atomic mass is 16.5. The lowest BCUT2D eigenvalue weighted by Gasteiger charge is -2.10. The zero-order chi connectivity index (χ0) is 12.8. The first kappa shape index (κ1) is 12.2. The highest BCUT2D eigenvalue weighted by Gasteiger charge is 2.11. The average Bonchev–Trinajstić information content (AvgIpc) is 2.46. The molecule has 0 saturated carbocycles. The number of benzene rings is 2. The molecule has 0 heterocycles. The van der Waals surface area contributed by atoms with E-state index >= 15 is 0 Å². The van der Waals surface area contributed by atoms with Gasteiger partial charge in [-0.25, -0.2) is 0 Å². The molecule has 90 valence electrons. The molecule has 0 radical (unpaired) electrons. The molecule has 2 heteroatoms. The van der Waals surface area contributed by atoms with Gasteiger partial charge in [-0.15, -0.1) is 0 Å². The van der Waals surface area contributed by atoms with E-state index in [1.807, 2.05) is 54.6 Å². The summed E-state index contributed by atoms with van der Waals surface area (Å²) in [6.45, 7) is 0. The van der Waals surface area contributed by atoms with Crippen LogP contribution in [0.15, 0.2) is 54.6 Å². The summed E-state index contributed by atoms with van der Waals surface area (Å²) in [5.41, 5.74) is 2.17. The second-order valence-corrected chi connectivity index (χ2v) is 4.15. The van der Waals surface area contributed by atoms with Crippen LogP contribution in [0.5, 0.6) is 5.75 Å². The van der Waals surface area contributed by atoms with Crippen molar-refractivity contribution in [3.8, 4) is 11.8 Å². The topological polar surface area (TPSA) is 33.0 Å². The van der Waals surface area contributed by atoms with E-state index in [-0.39, 0.29) is 5.92 Å². The molecule has 0 saturated heterocycles.